The summed E-state index contributed by atoms with van der Waals surface area (Å²) in [6.45, 7) is 2.04. The van der Waals surface area contributed by atoms with Crippen LogP contribution in [0.3, 0.4) is 0 Å². The van der Waals surface area contributed by atoms with Gasteiger partial charge in [0.1, 0.15) is 16.6 Å². The second-order valence-corrected chi connectivity index (χ2v) is 10.1. The second-order valence-electron chi connectivity index (χ2n) is 9.73. The summed E-state index contributed by atoms with van der Waals surface area (Å²) in [5, 5.41) is 20.5. The molecule has 0 bridgehead atoms. The number of nitrogens with zero attached hydrogens (tertiary/aromatic N) is 4. The molecule has 0 atom stereocenters. The van der Waals surface area contributed by atoms with Crippen LogP contribution in [0.4, 0.5) is 0 Å². The highest BCUT2D eigenvalue weighted by Crippen LogP contribution is 2.47. The standard InChI is InChI=1S/C27H23ClN6O3/c1-16-31-23(33-37-16)22-21(28)19-4-2-3-5-20(19)34(22)18-8-6-17(7-9-18)14-30-25(36)27(12-13-27)32-24(35)26(15-29)10-11-26/h2-9H,10-14H2,1H3,(H,30,36)(H,32,35). The molecule has 2 N–H and O–H groups in total. The minimum Gasteiger partial charge on any atom is -0.350 e. The van der Waals surface area contributed by atoms with Crippen LogP contribution in [0, 0.1) is 23.7 Å². The first-order valence-electron chi connectivity index (χ1n) is 12.1. The van der Waals surface area contributed by atoms with Gasteiger partial charge in [0, 0.05) is 24.5 Å². The molecule has 186 valence electrons. The van der Waals surface area contributed by atoms with E-state index in [1.807, 2.05) is 53.1 Å². The van der Waals surface area contributed by atoms with Crippen LogP contribution >= 0.6 is 11.6 Å². The molecule has 2 amide bonds. The Morgan fingerprint density at radius 3 is 2.46 bits per heavy atom. The van der Waals surface area contributed by atoms with Crippen molar-refractivity contribution in [2.45, 2.75) is 44.7 Å². The monoisotopic (exact) mass is 514 g/mol. The van der Waals surface area contributed by atoms with Crippen molar-refractivity contribution >= 4 is 34.3 Å². The van der Waals surface area contributed by atoms with Crippen molar-refractivity contribution in [2.24, 2.45) is 5.41 Å². The largest absolute Gasteiger partial charge is 0.350 e. The summed E-state index contributed by atoms with van der Waals surface area (Å²) in [6.07, 6.45) is 2.25. The quantitative estimate of drug-likeness (QED) is 0.380. The molecular weight excluding hydrogens is 492 g/mol. The Bertz CT molecular complexity index is 1590. The van der Waals surface area contributed by atoms with E-state index in [1.54, 1.807) is 6.92 Å². The fourth-order valence-electron chi connectivity index (χ4n) is 4.56. The number of para-hydroxylation sites is 1. The van der Waals surface area contributed by atoms with Crippen LogP contribution in [0.25, 0.3) is 28.1 Å². The van der Waals surface area contributed by atoms with Crippen molar-refractivity contribution in [3.63, 3.8) is 0 Å². The summed E-state index contributed by atoms with van der Waals surface area (Å²) in [6, 6.07) is 17.6. The Morgan fingerprint density at radius 2 is 1.84 bits per heavy atom. The van der Waals surface area contributed by atoms with Crippen LogP contribution < -0.4 is 10.6 Å². The van der Waals surface area contributed by atoms with Crippen LogP contribution in [0.1, 0.15) is 37.1 Å². The van der Waals surface area contributed by atoms with Gasteiger partial charge in [-0.25, -0.2) is 0 Å². The van der Waals surface area contributed by atoms with Gasteiger partial charge in [0.25, 0.3) is 0 Å². The summed E-state index contributed by atoms with van der Waals surface area (Å²) in [7, 11) is 0. The maximum absolute atomic E-state index is 12.9. The molecule has 2 aromatic heterocycles. The number of carbonyl (C=O) groups excluding carboxylic acids is 2. The number of nitrogens with one attached hydrogen (secondary N) is 2. The molecule has 2 saturated carbocycles. The third-order valence-electron chi connectivity index (χ3n) is 7.14. The molecule has 2 aliphatic carbocycles. The number of carbonyl (C=O) groups is 2. The summed E-state index contributed by atoms with van der Waals surface area (Å²) in [5.41, 5.74) is 1.45. The van der Waals surface area contributed by atoms with Crippen molar-refractivity contribution < 1.29 is 14.1 Å². The molecular formula is C27H23ClN6O3. The van der Waals surface area contributed by atoms with E-state index in [-0.39, 0.29) is 11.8 Å². The Hall–Kier alpha value is -4.16. The van der Waals surface area contributed by atoms with Crippen LogP contribution in [0.2, 0.25) is 5.02 Å². The Kier molecular flexibility index (Phi) is 5.31. The van der Waals surface area contributed by atoms with Gasteiger partial charge in [0.15, 0.2) is 0 Å². The first kappa shape index (κ1) is 23.3. The first-order valence-corrected chi connectivity index (χ1v) is 12.4. The molecule has 6 rings (SSSR count). The van der Waals surface area contributed by atoms with E-state index < -0.39 is 11.0 Å². The lowest BCUT2D eigenvalue weighted by Crippen LogP contribution is -2.50. The highest BCUT2D eigenvalue weighted by molar-refractivity contribution is 6.38. The maximum atomic E-state index is 12.9. The number of fused-ring (bicyclic) bond motifs is 1. The topological polar surface area (TPSA) is 126 Å². The number of benzene rings is 2. The highest BCUT2D eigenvalue weighted by Gasteiger charge is 2.57. The summed E-state index contributed by atoms with van der Waals surface area (Å²) in [4.78, 5) is 29.7. The molecule has 0 saturated heterocycles. The zero-order valence-corrected chi connectivity index (χ0v) is 20.8. The van der Waals surface area contributed by atoms with Gasteiger partial charge in [-0.15, -0.1) is 0 Å². The molecule has 4 aromatic rings. The minimum absolute atomic E-state index is 0.225. The number of halogens is 1. The maximum Gasteiger partial charge on any atom is 0.246 e. The zero-order valence-electron chi connectivity index (χ0n) is 20.0. The van der Waals surface area contributed by atoms with Gasteiger partial charge in [0.2, 0.25) is 23.5 Å². The Morgan fingerprint density at radius 1 is 1.11 bits per heavy atom. The van der Waals surface area contributed by atoms with Gasteiger partial charge in [-0.1, -0.05) is 47.1 Å². The zero-order chi connectivity index (χ0) is 25.8. The molecule has 0 aliphatic heterocycles. The number of hydrogen-bond acceptors (Lipinski definition) is 6. The van der Waals surface area contributed by atoms with E-state index in [1.165, 1.54) is 0 Å². The number of hydrogen-bond donors (Lipinski definition) is 2. The lowest BCUT2D eigenvalue weighted by molar-refractivity contribution is -0.131. The van der Waals surface area contributed by atoms with Crippen molar-refractivity contribution in [3.05, 3.63) is 65.0 Å². The normalized spacial score (nSPS) is 16.7. The molecule has 0 radical (unpaired) electrons. The van der Waals surface area contributed by atoms with E-state index in [0.717, 1.165) is 22.2 Å². The van der Waals surface area contributed by atoms with Crippen LogP contribution in [0.5, 0.6) is 0 Å². The third kappa shape index (κ3) is 3.94. The molecule has 2 fully saturated rings. The van der Waals surface area contributed by atoms with E-state index in [4.69, 9.17) is 16.1 Å². The van der Waals surface area contributed by atoms with Gasteiger partial charge in [-0.05, 0) is 49.4 Å². The summed E-state index contributed by atoms with van der Waals surface area (Å²) < 4.78 is 7.19. The number of rotatable bonds is 7. The van der Waals surface area contributed by atoms with Crippen LogP contribution in [-0.4, -0.2) is 32.1 Å². The molecule has 2 aromatic carbocycles. The molecule has 0 unspecified atom stereocenters. The molecule has 2 aliphatic rings. The molecule has 10 heteroatoms. The number of aromatic nitrogens is 3. The number of nitriles is 1. The molecule has 0 spiro atoms. The van der Waals surface area contributed by atoms with E-state index >= 15 is 0 Å². The van der Waals surface area contributed by atoms with Crippen molar-refractivity contribution in [2.75, 3.05) is 0 Å². The second kappa shape index (κ2) is 8.46. The van der Waals surface area contributed by atoms with Gasteiger partial charge < -0.3 is 19.7 Å². The van der Waals surface area contributed by atoms with Gasteiger partial charge in [0.05, 0.1) is 16.6 Å². The van der Waals surface area contributed by atoms with Crippen LogP contribution in [0.15, 0.2) is 53.1 Å². The van der Waals surface area contributed by atoms with E-state index in [9.17, 15) is 14.9 Å². The summed E-state index contributed by atoms with van der Waals surface area (Å²) >= 11 is 6.76. The minimum atomic E-state index is -0.948. The fourth-order valence-corrected chi connectivity index (χ4v) is 4.89. The molecule has 37 heavy (non-hydrogen) atoms. The average Bonchev–Trinajstić information content (AvgIpc) is 3.82. The lowest BCUT2D eigenvalue weighted by Gasteiger charge is -2.19. The SMILES string of the molecule is Cc1nc(-c2c(Cl)c3ccccc3n2-c2ccc(CNC(=O)C3(NC(=O)C4(C#N)CC4)CC3)cc2)no1. The van der Waals surface area contributed by atoms with Crippen molar-refractivity contribution in [1.29, 1.82) is 5.26 Å². The van der Waals surface area contributed by atoms with Crippen molar-refractivity contribution in [3.8, 4) is 23.3 Å². The predicted molar refractivity (Wildman–Crippen MR) is 136 cm³/mol. The first-order chi connectivity index (χ1) is 17.9. The lowest BCUT2D eigenvalue weighted by atomic mass is 10.1. The Balaban J connectivity index is 1.21. The van der Waals surface area contributed by atoms with Crippen LogP contribution in [-0.2, 0) is 16.1 Å². The number of aryl methyl sites for hydroxylation is 1. The van der Waals surface area contributed by atoms with Gasteiger partial charge in [-0.3, -0.25) is 9.59 Å². The van der Waals surface area contributed by atoms with Crippen molar-refractivity contribution in [1.82, 2.24) is 25.3 Å². The van der Waals surface area contributed by atoms with Gasteiger partial charge >= 0.3 is 0 Å². The Labute approximate surface area is 217 Å². The summed E-state index contributed by atoms with van der Waals surface area (Å²) in [5.74, 6) is 0.281. The fraction of sp³-hybridized carbons (Fsp3) is 0.296. The molecule has 9 nitrogen and oxygen atoms in total. The third-order valence-corrected chi connectivity index (χ3v) is 7.52. The molecule has 2 heterocycles. The number of amides is 2. The average molecular weight is 515 g/mol. The smallest absolute Gasteiger partial charge is 0.246 e. The van der Waals surface area contributed by atoms with E-state index in [2.05, 4.69) is 26.8 Å². The van der Waals surface area contributed by atoms with E-state index in [0.29, 0.717) is 54.7 Å². The highest BCUT2D eigenvalue weighted by atomic mass is 35.5. The predicted octanol–water partition coefficient (Wildman–Crippen LogP) is 4.21. The van der Waals surface area contributed by atoms with Gasteiger partial charge in [-0.2, -0.15) is 10.2 Å².